The number of aliphatic hydroxyl groups excluding tert-OH is 2. The molecule has 32 heavy (non-hydrogen) atoms. The highest BCUT2D eigenvalue weighted by atomic mass is 35.5. The van der Waals surface area contributed by atoms with Gasteiger partial charge in [0, 0.05) is 42.0 Å². The van der Waals surface area contributed by atoms with Gasteiger partial charge in [0.15, 0.2) is 0 Å². The fourth-order valence-electron chi connectivity index (χ4n) is 3.62. The molecule has 3 aromatic rings. The molecule has 164 valence electrons. The minimum atomic E-state index is -0.669. The third-order valence-corrected chi connectivity index (χ3v) is 5.70. The maximum absolute atomic E-state index is 9.61. The summed E-state index contributed by atoms with van der Waals surface area (Å²) in [7, 11) is 0. The van der Waals surface area contributed by atoms with Gasteiger partial charge in [0.25, 0.3) is 0 Å². The second-order valence-corrected chi connectivity index (χ2v) is 8.35. The zero-order chi connectivity index (χ0) is 22.5. The fraction of sp³-hybridized carbons (Fsp3) is 0.269. The van der Waals surface area contributed by atoms with Crippen LogP contribution in [0.15, 0.2) is 60.8 Å². The third kappa shape index (κ3) is 5.67. The molecule has 2 atom stereocenters. The quantitative estimate of drug-likeness (QED) is 0.584. The Morgan fingerprint density at radius 1 is 1.00 bits per heavy atom. The van der Waals surface area contributed by atoms with E-state index in [0.29, 0.717) is 37.0 Å². The standard InChI is InChI=1S/C26H25ClN2O3/c1-18-14-19(3-11-26(18)32-13-12-29-16-24(30)25(31)17-29)2-9-23-10-6-21(15-28-23)20-4-7-22(27)8-5-20/h3-8,10-11,14-15,24-25,30-31H,12-13,16-17H2,1H3/t24-,25-/m1/s1. The van der Waals surface area contributed by atoms with E-state index in [4.69, 9.17) is 16.3 Å². The van der Waals surface area contributed by atoms with E-state index in [1.165, 1.54) is 0 Å². The predicted molar refractivity (Wildman–Crippen MR) is 126 cm³/mol. The highest BCUT2D eigenvalue weighted by Crippen LogP contribution is 2.21. The molecule has 6 heteroatoms. The summed E-state index contributed by atoms with van der Waals surface area (Å²) in [6, 6.07) is 17.4. The van der Waals surface area contributed by atoms with Gasteiger partial charge in [-0.3, -0.25) is 4.90 Å². The number of rotatable bonds is 5. The Labute approximate surface area is 193 Å². The first-order valence-corrected chi connectivity index (χ1v) is 10.9. The Hall–Kier alpha value is -2.88. The molecule has 1 fully saturated rings. The molecule has 0 bridgehead atoms. The van der Waals surface area contributed by atoms with Crippen LogP contribution in [-0.2, 0) is 0 Å². The van der Waals surface area contributed by atoms with Crippen molar-refractivity contribution in [3.63, 3.8) is 0 Å². The van der Waals surface area contributed by atoms with Gasteiger partial charge in [-0.2, -0.15) is 0 Å². The molecule has 2 N–H and O–H groups in total. The van der Waals surface area contributed by atoms with Gasteiger partial charge in [-0.05, 0) is 60.4 Å². The molecule has 0 amide bonds. The summed E-state index contributed by atoms with van der Waals surface area (Å²) in [5.41, 5.74) is 4.68. The molecule has 1 aliphatic heterocycles. The molecule has 0 saturated carbocycles. The van der Waals surface area contributed by atoms with Crippen LogP contribution in [0.5, 0.6) is 5.75 Å². The maximum atomic E-state index is 9.61. The van der Waals surface area contributed by atoms with E-state index in [0.717, 1.165) is 28.0 Å². The Kier molecular flexibility index (Phi) is 7.09. The van der Waals surface area contributed by atoms with Crippen molar-refractivity contribution in [2.24, 2.45) is 0 Å². The molecule has 1 saturated heterocycles. The number of aryl methyl sites for hydroxylation is 1. The fourth-order valence-corrected chi connectivity index (χ4v) is 3.75. The monoisotopic (exact) mass is 448 g/mol. The van der Waals surface area contributed by atoms with E-state index >= 15 is 0 Å². The topological polar surface area (TPSA) is 65.8 Å². The van der Waals surface area contributed by atoms with Crippen molar-refractivity contribution < 1.29 is 14.9 Å². The summed E-state index contributed by atoms with van der Waals surface area (Å²) < 4.78 is 5.88. The van der Waals surface area contributed by atoms with Crippen LogP contribution in [0.2, 0.25) is 5.02 Å². The number of hydrogen-bond acceptors (Lipinski definition) is 5. The molecule has 1 aromatic heterocycles. The van der Waals surface area contributed by atoms with Gasteiger partial charge in [0.05, 0.1) is 12.2 Å². The maximum Gasteiger partial charge on any atom is 0.122 e. The van der Waals surface area contributed by atoms with E-state index in [2.05, 4.69) is 16.8 Å². The molecule has 1 aliphatic rings. The lowest BCUT2D eigenvalue weighted by molar-refractivity contribution is 0.0572. The molecular weight excluding hydrogens is 424 g/mol. The number of aromatic nitrogens is 1. The largest absolute Gasteiger partial charge is 0.492 e. The average Bonchev–Trinajstić information content (AvgIpc) is 3.11. The summed E-state index contributed by atoms with van der Waals surface area (Å²) in [5, 5.41) is 19.9. The van der Waals surface area contributed by atoms with Crippen molar-refractivity contribution >= 4 is 11.6 Å². The molecule has 4 rings (SSSR count). The molecule has 0 unspecified atom stereocenters. The molecule has 5 nitrogen and oxygen atoms in total. The van der Waals surface area contributed by atoms with Crippen molar-refractivity contribution in [3.05, 3.63) is 82.6 Å². The summed E-state index contributed by atoms with van der Waals surface area (Å²) in [4.78, 5) is 6.45. The summed E-state index contributed by atoms with van der Waals surface area (Å²) in [6.45, 7) is 4.10. The first-order valence-electron chi connectivity index (χ1n) is 10.5. The van der Waals surface area contributed by atoms with Crippen molar-refractivity contribution in [3.8, 4) is 28.7 Å². The number of benzene rings is 2. The van der Waals surface area contributed by atoms with Gasteiger partial charge in [-0.1, -0.05) is 35.7 Å². The first-order chi connectivity index (χ1) is 15.5. The van der Waals surface area contributed by atoms with Gasteiger partial charge in [0.1, 0.15) is 18.1 Å². The molecule has 0 aliphatic carbocycles. The summed E-state index contributed by atoms with van der Waals surface area (Å²) >= 11 is 5.95. The highest BCUT2D eigenvalue weighted by molar-refractivity contribution is 6.30. The zero-order valence-electron chi connectivity index (χ0n) is 17.8. The van der Waals surface area contributed by atoms with Crippen LogP contribution >= 0.6 is 11.6 Å². The van der Waals surface area contributed by atoms with Crippen molar-refractivity contribution in [2.45, 2.75) is 19.1 Å². The summed E-state index contributed by atoms with van der Waals surface area (Å²) in [5.74, 6) is 7.07. The van der Waals surface area contributed by atoms with E-state index in [-0.39, 0.29) is 0 Å². The SMILES string of the molecule is Cc1cc(C#Cc2ccc(-c3ccc(Cl)cc3)cn2)ccc1OCCN1C[C@@H](O)[C@H](O)C1. The zero-order valence-corrected chi connectivity index (χ0v) is 18.6. The van der Waals surface area contributed by atoms with Crippen molar-refractivity contribution in [1.29, 1.82) is 0 Å². The Morgan fingerprint density at radius 2 is 1.72 bits per heavy atom. The highest BCUT2D eigenvalue weighted by Gasteiger charge is 2.28. The van der Waals surface area contributed by atoms with E-state index in [1.54, 1.807) is 0 Å². The van der Waals surface area contributed by atoms with Crippen LogP contribution in [0.3, 0.4) is 0 Å². The number of hydrogen-bond donors (Lipinski definition) is 2. The van der Waals surface area contributed by atoms with Crippen molar-refractivity contribution in [1.82, 2.24) is 9.88 Å². The average molecular weight is 449 g/mol. The van der Waals surface area contributed by atoms with E-state index in [9.17, 15) is 10.2 Å². The van der Waals surface area contributed by atoms with Crippen LogP contribution < -0.4 is 4.74 Å². The number of nitrogens with zero attached hydrogens (tertiary/aromatic N) is 2. The minimum absolute atomic E-state index is 0.479. The molecule has 2 heterocycles. The normalized spacial score (nSPS) is 18.2. The number of aliphatic hydroxyl groups is 2. The van der Waals surface area contributed by atoms with Crippen molar-refractivity contribution in [2.75, 3.05) is 26.2 Å². The summed E-state index contributed by atoms with van der Waals surface area (Å²) in [6.07, 6.45) is 0.476. The number of likely N-dealkylation sites (tertiary alicyclic amines) is 1. The van der Waals surface area contributed by atoms with Crippen LogP contribution in [0.1, 0.15) is 16.8 Å². The van der Waals surface area contributed by atoms with Gasteiger partial charge in [-0.15, -0.1) is 0 Å². The third-order valence-electron chi connectivity index (χ3n) is 5.45. The Morgan fingerprint density at radius 3 is 2.38 bits per heavy atom. The van der Waals surface area contributed by atoms with Crippen LogP contribution in [0.25, 0.3) is 11.1 Å². The molecular formula is C26H25ClN2O3. The van der Waals surface area contributed by atoms with Gasteiger partial charge < -0.3 is 14.9 Å². The van der Waals surface area contributed by atoms with Crippen LogP contribution in [0.4, 0.5) is 0 Å². The lowest BCUT2D eigenvalue weighted by atomic mass is 10.1. The number of ether oxygens (including phenoxy) is 1. The van der Waals surface area contributed by atoms with Gasteiger partial charge >= 0.3 is 0 Å². The Balaban J connectivity index is 1.34. The molecule has 0 spiro atoms. The second kappa shape index (κ2) is 10.2. The van der Waals surface area contributed by atoms with Gasteiger partial charge in [-0.25, -0.2) is 4.98 Å². The molecule has 0 radical (unpaired) electrons. The number of β-amino-alcohol motifs (C(OH)–C–C–N with tert-alkyl or cyclic N) is 2. The lowest BCUT2D eigenvalue weighted by Gasteiger charge is -2.16. The lowest BCUT2D eigenvalue weighted by Crippen LogP contribution is -2.27. The number of pyridine rings is 1. The van der Waals surface area contributed by atoms with Crippen LogP contribution in [0, 0.1) is 18.8 Å². The van der Waals surface area contributed by atoms with E-state index < -0.39 is 12.2 Å². The van der Waals surface area contributed by atoms with E-state index in [1.807, 2.05) is 72.6 Å². The first kappa shape index (κ1) is 22.3. The van der Waals surface area contributed by atoms with Gasteiger partial charge in [0.2, 0.25) is 0 Å². The minimum Gasteiger partial charge on any atom is -0.492 e. The van der Waals surface area contributed by atoms with Crippen LogP contribution in [-0.4, -0.2) is 58.5 Å². The Bertz CT molecular complexity index is 1110. The molecule has 2 aromatic carbocycles. The predicted octanol–water partition coefficient (Wildman–Crippen LogP) is 3.53. The smallest absolute Gasteiger partial charge is 0.122 e. The number of halogens is 1. The second-order valence-electron chi connectivity index (χ2n) is 7.91.